The largest absolute Gasteiger partial charge is 0.418 e. The van der Waals surface area contributed by atoms with E-state index in [0.29, 0.717) is 26.3 Å². The van der Waals surface area contributed by atoms with E-state index in [1.54, 1.807) is 11.0 Å². The average Bonchev–Trinajstić information content (AvgIpc) is 2.54. The highest BCUT2D eigenvalue weighted by Crippen LogP contribution is 2.35. The summed E-state index contributed by atoms with van der Waals surface area (Å²) in [5.41, 5.74) is -0.915. The Morgan fingerprint density at radius 1 is 1.35 bits per heavy atom. The van der Waals surface area contributed by atoms with Crippen LogP contribution in [0.25, 0.3) is 0 Å². The maximum absolute atomic E-state index is 12.9. The minimum Gasteiger partial charge on any atom is -0.384 e. The maximum atomic E-state index is 12.9. The summed E-state index contributed by atoms with van der Waals surface area (Å²) in [7, 11) is 0. The smallest absolute Gasteiger partial charge is 0.384 e. The van der Waals surface area contributed by atoms with Gasteiger partial charge in [0.15, 0.2) is 0 Å². The highest BCUT2D eigenvalue weighted by Gasteiger charge is 2.33. The number of nitrogens with zero attached hydrogens (tertiary/aromatic N) is 2. The summed E-state index contributed by atoms with van der Waals surface area (Å²) in [5, 5.41) is 11.4. The molecule has 8 heteroatoms. The van der Waals surface area contributed by atoms with Gasteiger partial charge >= 0.3 is 6.18 Å². The molecule has 0 aromatic heterocycles. The molecule has 1 amide bonds. The van der Waals surface area contributed by atoms with Gasteiger partial charge in [0.2, 0.25) is 5.91 Å². The normalized spacial score (nSPS) is 15.1. The fraction of sp³-hybridized carbons (Fsp3) is 0.467. The number of amides is 1. The molecule has 0 atom stereocenters. The summed E-state index contributed by atoms with van der Waals surface area (Å²) in [6.07, 6.45) is -4.45. The Hall–Kier alpha value is -2.27. The van der Waals surface area contributed by atoms with Crippen molar-refractivity contribution in [2.45, 2.75) is 12.6 Å². The topological polar surface area (TPSA) is 65.4 Å². The van der Waals surface area contributed by atoms with Gasteiger partial charge in [0, 0.05) is 31.7 Å². The highest BCUT2D eigenvalue weighted by molar-refractivity contribution is 5.77. The van der Waals surface area contributed by atoms with Crippen molar-refractivity contribution in [3.63, 3.8) is 0 Å². The minimum absolute atomic E-state index is 0.0636. The number of hydrogen-bond donors (Lipinski definition) is 1. The molecule has 0 aliphatic carbocycles. The lowest BCUT2D eigenvalue weighted by Gasteiger charge is -2.27. The number of benzene rings is 1. The second-order valence-corrected chi connectivity index (χ2v) is 5.04. The third-order valence-electron chi connectivity index (χ3n) is 3.47. The SMILES string of the molecule is N#Cc1ccc(C(F)(F)F)c(NCCC(=O)N2CCOCC2)c1. The van der Waals surface area contributed by atoms with Gasteiger partial charge in [0.05, 0.1) is 30.4 Å². The molecule has 23 heavy (non-hydrogen) atoms. The van der Waals surface area contributed by atoms with E-state index in [-0.39, 0.29) is 30.1 Å². The molecule has 1 heterocycles. The first-order valence-electron chi connectivity index (χ1n) is 7.12. The van der Waals surface area contributed by atoms with E-state index >= 15 is 0 Å². The van der Waals surface area contributed by atoms with Crippen molar-refractivity contribution in [3.05, 3.63) is 29.3 Å². The average molecular weight is 327 g/mol. The Balaban J connectivity index is 1.99. The minimum atomic E-state index is -4.52. The number of carbonyl (C=O) groups excluding carboxylic acids is 1. The van der Waals surface area contributed by atoms with Crippen LogP contribution >= 0.6 is 0 Å². The van der Waals surface area contributed by atoms with E-state index in [2.05, 4.69) is 5.32 Å². The molecule has 1 N–H and O–H groups in total. The van der Waals surface area contributed by atoms with Crippen molar-refractivity contribution >= 4 is 11.6 Å². The summed E-state index contributed by atoms with van der Waals surface area (Å²) < 4.78 is 44.0. The quantitative estimate of drug-likeness (QED) is 0.921. The maximum Gasteiger partial charge on any atom is 0.418 e. The third kappa shape index (κ3) is 4.60. The zero-order valence-electron chi connectivity index (χ0n) is 12.3. The highest BCUT2D eigenvalue weighted by atomic mass is 19.4. The lowest BCUT2D eigenvalue weighted by molar-refractivity contribution is -0.137. The summed E-state index contributed by atoms with van der Waals surface area (Å²) in [4.78, 5) is 13.6. The van der Waals surface area contributed by atoms with E-state index in [4.69, 9.17) is 10.00 Å². The fourth-order valence-electron chi connectivity index (χ4n) is 2.28. The van der Waals surface area contributed by atoms with E-state index < -0.39 is 11.7 Å². The van der Waals surface area contributed by atoms with Gasteiger partial charge in [-0.05, 0) is 18.2 Å². The Bertz CT molecular complexity index is 605. The van der Waals surface area contributed by atoms with E-state index in [1.807, 2.05) is 0 Å². The first kappa shape index (κ1) is 17.1. The number of ether oxygens (including phenoxy) is 1. The van der Waals surface area contributed by atoms with Crippen molar-refractivity contribution in [1.29, 1.82) is 5.26 Å². The van der Waals surface area contributed by atoms with Gasteiger partial charge in [0.1, 0.15) is 0 Å². The summed E-state index contributed by atoms with van der Waals surface area (Å²) >= 11 is 0. The lowest BCUT2D eigenvalue weighted by atomic mass is 10.1. The predicted molar refractivity (Wildman–Crippen MR) is 76.7 cm³/mol. The molecule has 1 fully saturated rings. The molecule has 1 aromatic carbocycles. The van der Waals surface area contributed by atoms with Gasteiger partial charge in [-0.2, -0.15) is 18.4 Å². The first-order chi connectivity index (χ1) is 10.9. The number of rotatable bonds is 4. The Morgan fingerprint density at radius 3 is 2.65 bits per heavy atom. The van der Waals surface area contributed by atoms with Crippen LogP contribution in [0.5, 0.6) is 0 Å². The third-order valence-corrected chi connectivity index (χ3v) is 3.47. The van der Waals surface area contributed by atoms with Crippen LogP contribution in [0.3, 0.4) is 0 Å². The summed E-state index contributed by atoms with van der Waals surface area (Å²) in [5.74, 6) is -0.134. The van der Waals surface area contributed by atoms with E-state index in [9.17, 15) is 18.0 Å². The molecule has 0 saturated carbocycles. The van der Waals surface area contributed by atoms with E-state index in [1.165, 1.54) is 0 Å². The number of alkyl halides is 3. The molecule has 124 valence electrons. The lowest BCUT2D eigenvalue weighted by Crippen LogP contribution is -2.41. The van der Waals surface area contributed by atoms with Gasteiger partial charge < -0.3 is 15.0 Å². The van der Waals surface area contributed by atoms with Gasteiger partial charge in [-0.3, -0.25) is 4.79 Å². The molecule has 0 spiro atoms. The van der Waals surface area contributed by atoms with Crippen molar-refractivity contribution in [3.8, 4) is 6.07 Å². The van der Waals surface area contributed by atoms with Crippen LogP contribution in [0.15, 0.2) is 18.2 Å². The number of halogens is 3. The Labute approximate surface area is 131 Å². The van der Waals surface area contributed by atoms with Crippen molar-refractivity contribution in [2.75, 3.05) is 38.2 Å². The van der Waals surface area contributed by atoms with E-state index in [0.717, 1.165) is 18.2 Å². The van der Waals surface area contributed by atoms with Gasteiger partial charge in [0.25, 0.3) is 0 Å². The van der Waals surface area contributed by atoms with Crippen LogP contribution in [-0.2, 0) is 15.7 Å². The number of hydrogen-bond acceptors (Lipinski definition) is 4. The monoisotopic (exact) mass is 327 g/mol. The van der Waals surface area contributed by atoms with Crippen molar-refractivity contribution in [2.24, 2.45) is 0 Å². The molecule has 1 aromatic rings. The molecule has 2 rings (SSSR count). The van der Waals surface area contributed by atoms with Crippen molar-refractivity contribution < 1.29 is 22.7 Å². The molecule has 5 nitrogen and oxygen atoms in total. The van der Waals surface area contributed by atoms with Crippen LogP contribution in [0.4, 0.5) is 18.9 Å². The number of morpholine rings is 1. The standard InChI is InChI=1S/C15H16F3N3O2/c16-15(17,18)12-2-1-11(10-19)9-13(12)20-4-3-14(22)21-5-7-23-8-6-21/h1-2,9,20H,3-8H2. The Kier molecular flexibility index (Phi) is 5.45. The predicted octanol–water partition coefficient (Wildman–Crippen LogP) is 2.24. The fourth-order valence-corrected chi connectivity index (χ4v) is 2.28. The second-order valence-electron chi connectivity index (χ2n) is 5.04. The molecular formula is C15H16F3N3O2. The molecule has 1 saturated heterocycles. The van der Waals surface area contributed by atoms with Crippen LogP contribution in [-0.4, -0.2) is 43.7 Å². The zero-order chi connectivity index (χ0) is 16.9. The number of nitriles is 1. The van der Waals surface area contributed by atoms with Crippen LogP contribution < -0.4 is 5.32 Å². The summed E-state index contributed by atoms with van der Waals surface area (Å²) in [6.45, 7) is 2.00. The Morgan fingerprint density at radius 2 is 2.04 bits per heavy atom. The number of anilines is 1. The second kappa shape index (κ2) is 7.33. The van der Waals surface area contributed by atoms with Gasteiger partial charge in [-0.15, -0.1) is 0 Å². The van der Waals surface area contributed by atoms with Crippen LogP contribution in [0.2, 0.25) is 0 Å². The van der Waals surface area contributed by atoms with Crippen LogP contribution in [0.1, 0.15) is 17.5 Å². The molecule has 0 radical (unpaired) electrons. The molecular weight excluding hydrogens is 311 g/mol. The number of carbonyl (C=O) groups is 1. The molecule has 0 unspecified atom stereocenters. The van der Waals surface area contributed by atoms with Gasteiger partial charge in [-0.1, -0.05) is 0 Å². The number of nitrogens with one attached hydrogen (secondary N) is 1. The van der Waals surface area contributed by atoms with Gasteiger partial charge in [-0.25, -0.2) is 0 Å². The van der Waals surface area contributed by atoms with Crippen molar-refractivity contribution in [1.82, 2.24) is 4.90 Å². The summed E-state index contributed by atoms with van der Waals surface area (Å²) in [6, 6.07) is 4.93. The van der Waals surface area contributed by atoms with Crippen LogP contribution in [0, 0.1) is 11.3 Å². The molecule has 0 bridgehead atoms. The molecule has 1 aliphatic rings. The molecule has 1 aliphatic heterocycles. The first-order valence-corrected chi connectivity index (χ1v) is 7.12. The zero-order valence-corrected chi connectivity index (χ0v) is 12.3.